The molecule has 0 unspecified atom stereocenters. The molecule has 0 aromatic heterocycles. The van der Waals surface area contributed by atoms with Crippen molar-refractivity contribution in [1.82, 2.24) is 4.90 Å². The lowest BCUT2D eigenvalue weighted by Gasteiger charge is -2.31. The first kappa shape index (κ1) is 19.3. The Labute approximate surface area is 159 Å². The van der Waals surface area contributed by atoms with Crippen LogP contribution in [0.3, 0.4) is 0 Å². The van der Waals surface area contributed by atoms with Gasteiger partial charge in [-0.1, -0.05) is 42.0 Å². The second-order valence-corrected chi connectivity index (χ2v) is 9.05. The SMILES string of the molecule is Cc1ccc(C(=O)C2CCN(C(=O)c3ccccc3S(C)(=O)=O)CC2)cc1. The fraction of sp³-hybridized carbons (Fsp3) is 0.333. The van der Waals surface area contributed by atoms with E-state index in [4.69, 9.17) is 0 Å². The van der Waals surface area contributed by atoms with Crippen LogP contribution in [0.5, 0.6) is 0 Å². The molecule has 2 aromatic rings. The molecular formula is C21H23NO4S. The molecule has 6 heteroatoms. The Morgan fingerprint density at radius 2 is 1.56 bits per heavy atom. The third-order valence-corrected chi connectivity index (χ3v) is 6.16. The smallest absolute Gasteiger partial charge is 0.255 e. The highest BCUT2D eigenvalue weighted by Crippen LogP contribution is 2.25. The largest absolute Gasteiger partial charge is 0.339 e. The summed E-state index contributed by atoms with van der Waals surface area (Å²) in [6.45, 7) is 2.87. The molecule has 3 rings (SSSR count). The first-order chi connectivity index (χ1) is 12.8. The van der Waals surface area contributed by atoms with E-state index in [1.807, 2.05) is 31.2 Å². The maximum Gasteiger partial charge on any atom is 0.255 e. The summed E-state index contributed by atoms with van der Waals surface area (Å²) < 4.78 is 23.9. The van der Waals surface area contributed by atoms with Gasteiger partial charge in [-0.05, 0) is 31.9 Å². The minimum absolute atomic E-state index is 0.0489. The van der Waals surface area contributed by atoms with E-state index >= 15 is 0 Å². The highest BCUT2D eigenvalue weighted by molar-refractivity contribution is 7.90. The van der Waals surface area contributed by atoms with Crippen molar-refractivity contribution in [1.29, 1.82) is 0 Å². The van der Waals surface area contributed by atoms with Crippen molar-refractivity contribution in [2.75, 3.05) is 19.3 Å². The Hall–Kier alpha value is -2.47. The molecule has 1 aliphatic rings. The molecule has 0 bridgehead atoms. The Morgan fingerprint density at radius 1 is 0.963 bits per heavy atom. The number of amides is 1. The number of nitrogens with zero attached hydrogens (tertiary/aromatic N) is 1. The summed E-state index contributed by atoms with van der Waals surface area (Å²) in [5, 5.41) is 0. The van der Waals surface area contributed by atoms with Gasteiger partial charge in [0.05, 0.1) is 10.5 Å². The van der Waals surface area contributed by atoms with Gasteiger partial charge in [-0.2, -0.15) is 0 Å². The number of hydrogen-bond acceptors (Lipinski definition) is 4. The zero-order valence-corrected chi connectivity index (χ0v) is 16.3. The minimum Gasteiger partial charge on any atom is -0.339 e. The number of likely N-dealkylation sites (tertiary alicyclic amines) is 1. The Morgan fingerprint density at radius 3 is 2.15 bits per heavy atom. The van der Waals surface area contributed by atoms with Crippen LogP contribution in [0.15, 0.2) is 53.4 Å². The third kappa shape index (κ3) is 4.27. The quantitative estimate of drug-likeness (QED) is 0.758. The van der Waals surface area contributed by atoms with Crippen molar-refractivity contribution in [2.45, 2.75) is 24.7 Å². The van der Waals surface area contributed by atoms with Gasteiger partial charge < -0.3 is 4.90 Å². The Kier molecular flexibility index (Phi) is 5.46. The second-order valence-electron chi connectivity index (χ2n) is 7.07. The van der Waals surface area contributed by atoms with Gasteiger partial charge in [0.2, 0.25) is 0 Å². The number of ketones is 1. The summed E-state index contributed by atoms with van der Waals surface area (Å²) in [5.41, 5.74) is 2.01. The molecule has 142 valence electrons. The van der Waals surface area contributed by atoms with Gasteiger partial charge in [-0.25, -0.2) is 8.42 Å². The van der Waals surface area contributed by atoms with Gasteiger partial charge in [0.25, 0.3) is 5.91 Å². The average molecular weight is 385 g/mol. The van der Waals surface area contributed by atoms with E-state index in [9.17, 15) is 18.0 Å². The standard InChI is InChI=1S/C21H23NO4S/c1-15-7-9-16(10-8-15)20(23)17-11-13-22(14-12-17)21(24)18-5-3-4-6-19(18)27(2,25)26/h3-10,17H,11-14H2,1-2H3. The van der Waals surface area contributed by atoms with Gasteiger partial charge in [-0.15, -0.1) is 0 Å². The summed E-state index contributed by atoms with van der Waals surface area (Å²) >= 11 is 0. The monoisotopic (exact) mass is 385 g/mol. The van der Waals surface area contributed by atoms with Crippen LogP contribution in [0.1, 0.15) is 39.1 Å². The number of rotatable bonds is 4. The van der Waals surface area contributed by atoms with E-state index < -0.39 is 9.84 Å². The first-order valence-corrected chi connectivity index (χ1v) is 10.9. The van der Waals surface area contributed by atoms with Crippen molar-refractivity contribution in [3.63, 3.8) is 0 Å². The van der Waals surface area contributed by atoms with E-state index in [2.05, 4.69) is 0 Å². The Balaban J connectivity index is 1.70. The molecule has 1 fully saturated rings. The molecule has 0 spiro atoms. The molecule has 0 atom stereocenters. The van der Waals surface area contributed by atoms with Crippen molar-refractivity contribution in [3.05, 3.63) is 65.2 Å². The molecule has 1 aliphatic heterocycles. The van der Waals surface area contributed by atoms with E-state index in [1.165, 1.54) is 6.07 Å². The second kappa shape index (κ2) is 7.64. The van der Waals surface area contributed by atoms with Crippen LogP contribution in [-0.2, 0) is 9.84 Å². The van der Waals surface area contributed by atoms with Gasteiger partial charge in [0.15, 0.2) is 15.6 Å². The van der Waals surface area contributed by atoms with Gasteiger partial charge in [0.1, 0.15) is 0 Å². The van der Waals surface area contributed by atoms with Crippen LogP contribution in [0, 0.1) is 12.8 Å². The lowest BCUT2D eigenvalue weighted by molar-refractivity contribution is 0.0647. The minimum atomic E-state index is -3.48. The number of benzene rings is 2. The number of carbonyl (C=O) groups excluding carboxylic acids is 2. The van der Waals surface area contributed by atoms with Crippen LogP contribution in [0.2, 0.25) is 0 Å². The topological polar surface area (TPSA) is 71.5 Å². The van der Waals surface area contributed by atoms with E-state index in [0.717, 1.165) is 11.8 Å². The summed E-state index contributed by atoms with van der Waals surface area (Å²) in [5.74, 6) is -0.294. The number of aryl methyl sites for hydroxylation is 1. The molecule has 2 aromatic carbocycles. The molecule has 1 amide bonds. The molecule has 1 saturated heterocycles. The predicted molar refractivity (Wildman–Crippen MR) is 104 cm³/mol. The molecule has 0 saturated carbocycles. The molecule has 5 nitrogen and oxygen atoms in total. The lowest BCUT2D eigenvalue weighted by Crippen LogP contribution is -2.40. The van der Waals surface area contributed by atoms with E-state index in [0.29, 0.717) is 31.5 Å². The Bertz CT molecular complexity index is 956. The third-order valence-electron chi connectivity index (χ3n) is 5.01. The van der Waals surface area contributed by atoms with Crippen LogP contribution in [-0.4, -0.2) is 44.4 Å². The molecule has 1 heterocycles. The average Bonchev–Trinajstić information content (AvgIpc) is 2.67. The number of hydrogen-bond donors (Lipinski definition) is 0. The normalized spacial score (nSPS) is 15.6. The lowest BCUT2D eigenvalue weighted by atomic mass is 9.88. The summed E-state index contributed by atoms with van der Waals surface area (Å²) in [4.78, 5) is 27.2. The van der Waals surface area contributed by atoms with Crippen molar-refractivity contribution < 1.29 is 18.0 Å². The predicted octanol–water partition coefficient (Wildman–Crippen LogP) is 3.13. The number of sulfone groups is 1. The van der Waals surface area contributed by atoms with Crippen molar-refractivity contribution in [3.8, 4) is 0 Å². The molecule has 0 N–H and O–H groups in total. The first-order valence-electron chi connectivity index (χ1n) is 8.96. The molecule has 0 radical (unpaired) electrons. The maximum atomic E-state index is 12.8. The van der Waals surface area contributed by atoms with Crippen LogP contribution >= 0.6 is 0 Å². The zero-order chi connectivity index (χ0) is 19.6. The summed E-state index contributed by atoms with van der Waals surface area (Å²) in [6.07, 6.45) is 2.27. The van der Waals surface area contributed by atoms with Crippen LogP contribution < -0.4 is 0 Å². The maximum absolute atomic E-state index is 12.8. The highest BCUT2D eigenvalue weighted by atomic mass is 32.2. The van der Waals surface area contributed by atoms with Gasteiger partial charge >= 0.3 is 0 Å². The fourth-order valence-corrected chi connectivity index (χ4v) is 4.32. The molecular weight excluding hydrogens is 362 g/mol. The number of Topliss-reactive ketones (excluding diaryl/α,β-unsaturated/α-hetero) is 1. The van der Waals surface area contributed by atoms with Crippen LogP contribution in [0.25, 0.3) is 0 Å². The van der Waals surface area contributed by atoms with Crippen molar-refractivity contribution in [2.24, 2.45) is 5.92 Å². The van der Waals surface area contributed by atoms with Crippen LogP contribution in [0.4, 0.5) is 0 Å². The molecule has 0 aliphatic carbocycles. The van der Waals surface area contributed by atoms with Gasteiger partial charge in [0, 0.05) is 30.8 Å². The number of piperidine rings is 1. The van der Waals surface area contributed by atoms with Crippen molar-refractivity contribution >= 4 is 21.5 Å². The zero-order valence-electron chi connectivity index (χ0n) is 15.5. The number of carbonyl (C=O) groups is 2. The summed E-state index contributed by atoms with van der Waals surface area (Å²) in [7, 11) is -3.48. The van der Waals surface area contributed by atoms with E-state index in [-0.39, 0.29) is 28.1 Å². The van der Waals surface area contributed by atoms with E-state index in [1.54, 1.807) is 23.1 Å². The highest BCUT2D eigenvalue weighted by Gasteiger charge is 2.30. The summed E-state index contributed by atoms with van der Waals surface area (Å²) in [6, 6.07) is 13.8. The van der Waals surface area contributed by atoms with Gasteiger partial charge in [-0.3, -0.25) is 9.59 Å². The fourth-order valence-electron chi connectivity index (χ4n) is 3.44. The molecule has 27 heavy (non-hydrogen) atoms.